The minimum atomic E-state index is -0.412. The SMILES string of the molecule is COCc1cc([N+](=O)[O-])ccc1NCc1cccc2c1OCCCO2. The number of nitrogens with zero attached hydrogens (tertiary/aromatic N) is 1. The van der Waals surface area contributed by atoms with Gasteiger partial charge >= 0.3 is 0 Å². The number of hydrogen-bond donors (Lipinski definition) is 1. The van der Waals surface area contributed by atoms with E-state index in [0.29, 0.717) is 19.8 Å². The molecule has 1 heterocycles. The maximum absolute atomic E-state index is 11.0. The molecule has 0 unspecified atom stereocenters. The number of non-ortho nitro benzene ring substituents is 1. The predicted octanol–water partition coefficient (Wildman–Crippen LogP) is 3.51. The van der Waals surface area contributed by atoms with E-state index in [1.165, 1.54) is 12.1 Å². The van der Waals surface area contributed by atoms with Gasteiger partial charge < -0.3 is 19.5 Å². The van der Waals surface area contributed by atoms with E-state index in [4.69, 9.17) is 14.2 Å². The first kappa shape index (κ1) is 17.0. The maximum Gasteiger partial charge on any atom is 0.269 e. The van der Waals surface area contributed by atoms with Crippen molar-refractivity contribution in [3.05, 3.63) is 57.6 Å². The van der Waals surface area contributed by atoms with Crippen molar-refractivity contribution in [3.8, 4) is 11.5 Å². The molecule has 3 rings (SSSR count). The van der Waals surface area contributed by atoms with Crippen molar-refractivity contribution < 1.29 is 19.1 Å². The molecule has 0 aromatic heterocycles. The summed E-state index contributed by atoms with van der Waals surface area (Å²) < 4.78 is 16.7. The van der Waals surface area contributed by atoms with Crippen LogP contribution in [0, 0.1) is 10.1 Å². The van der Waals surface area contributed by atoms with Gasteiger partial charge in [-0.1, -0.05) is 12.1 Å². The molecule has 1 N–H and O–H groups in total. The van der Waals surface area contributed by atoms with Crippen molar-refractivity contribution in [2.45, 2.75) is 19.6 Å². The monoisotopic (exact) mass is 344 g/mol. The number of methoxy groups -OCH3 is 1. The molecular weight excluding hydrogens is 324 g/mol. The summed E-state index contributed by atoms with van der Waals surface area (Å²) >= 11 is 0. The van der Waals surface area contributed by atoms with Crippen molar-refractivity contribution >= 4 is 11.4 Å². The minimum absolute atomic E-state index is 0.0444. The highest BCUT2D eigenvalue weighted by atomic mass is 16.6. The lowest BCUT2D eigenvalue weighted by Crippen LogP contribution is -2.06. The number of nitro groups is 1. The highest BCUT2D eigenvalue weighted by molar-refractivity contribution is 5.57. The molecule has 0 atom stereocenters. The molecule has 0 spiro atoms. The van der Waals surface area contributed by atoms with Gasteiger partial charge in [0.25, 0.3) is 5.69 Å². The molecule has 0 saturated carbocycles. The Morgan fingerprint density at radius 2 is 2.04 bits per heavy atom. The first-order valence-corrected chi connectivity index (χ1v) is 8.06. The average Bonchev–Trinajstić information content (AvgIpc) is 2.86. The van der Waals surface area contributed by atoms with Crippen molar-refractivity contribution in [2.24, 2.45) is 0 Å². The maximum atomic E-state index is 11.0. The van der Waals surface area contributed by atoms with E-state index in [2.05, 4.69) is 5.32 Å². The Morgan fingerprint density at radius 1 is 1.20 bits per heavy atom. The van der Waals surface area contributed by atoms with Crippen LogP contribution in [-0.2, 0) is 17.9 Å². The summed E-state index contributed by atoms with van der Waals surface area (Å²) in [6, 6.07) is 10.5. The third-order valence-corrected chi connectivity index (χ3v) is 3.92. The third kappa shape index (κ3) is 4.00. The highest BCUT2D eigenvalue weighted by Gasteiger charge is 2.15. The smallest absolute Gasteiger partial charge is 0.269 e. The van der Waals surface area contributed by atoms with Gasteiger partial charge in [-0.3, -0.25) is 10.1 Å². The van der Waals surface area contributed by atoms with Gasteiger partial charge in [0.2, 0.25) is 0 Å². The Bertz CT molecular complexity index is 763. The van der Waals surface area contributed by atoms with Crippen LogP contribution in [-0.4, -0.2) is 25.2 Å². The van der Waals surface area contributed by atoms with Crippen LogP contribution in [0.1, 0.15) is 17.5 Å². The topological polar surface area (TPSA) is 82.9 Å². The second-order valence-electron chi connectivity index (χ2n) is 5.68. The number of nitro benzene ring substituents is 1. The number of nitrogens with one attached hydrogen (secondary N) is 1. The molecule has 0 radical (unpaired) electrons. The zero-order chi connectivity index (χ0) is 17.6. The van der Waals surface area contributed by atoms with E-state index < -0.39 is 4.92 Å². The molecule has 0 aliphatic carbocycles. The van der Waals surface area contributed by atoms with Gasteiger partial charge in [-0.2, -0.15) is 0 Å². The fourth-order valence-electron chi connectivity index (χ4n) is 2.72. The Balaban J connectivity index is 1.81. The van der Waals surface area contributed by atoms with E-state index in [1.54, 1.807) is 13.2 Å². The second kappa shape index (κ2) is 7.85. The molecule has 0 bridgehead atoms. The number of anilines is 1. The molecule has 0 fully saturated rings. The Kier molecular flexibility index (Phi) is 5.35. The molecule has 132 valence electrons. The average molecular weight is 344 g/mol. The molecule has 0 amide bonds. The van der Waals surface area contributed by atoms with Crippen LogP contribution in [0.15, 0.2) is 36.4 Å². The van der Waals surface area contributed by atoms with E-state index >= 15 is 0 Å². The minimum Gasteiger partial charge on any atom is -0.490 e. The molecule has 1 aliphatic rings. The van der Waals surface area contributed by atoms with Crippen molar-refractivity contribution in [3.63, 3.8) is 0 Å². The molecule has 2 aromatic rings. The Hall–Kier alpha value is -2.80. The number of rotatable bonds is 6. The zero-order valence-corrected chi connectivity index (χ0v) is 14.0. The van der Waals surface area contributed by atoms with E-state index in [9.17, 15) is 10.1 Å². The molecule has 2 aromatic carbocycles. The summed E-state index contributed by atoms with van der Waals surface area (Å²) in [5.74, 6) is 1.50. The third-order valence-electron chi connectivity index (χ3n) is 3.92. The summed E-state index contributed by atoms with van der Waals surface area (Å²) in [5.41, 5.74) is 2.54. The first-order chi connectivity index (χ1) is 12.2. The predicted molar refractivity (Wildman–Crippen MR) is 93.2 cm³/mol. The Labute approximate surface area is 145 Å². The van der Waals surface area contributed by atoms with Gasteiger partial charge in [0, 0.05) is 49.0 Å². The number of ether oxygens (including phenoxy) is 3. The molecular formula is C18H20N2O5. The van der Waals surface area contributed by atoms with Gasteiger partial charge in [0.05, 0.1) is 24.7 Å². The van der Waals surface area contributed by atoms with Crippen LogP contribution < -0.4 is 14.8 Å². The van der Waals surface area contributed by atoms with Gasteiger partial charge in [-0.05, 0) is 12.1 Å². The van der Waals surface area contributed by atoms with Gasteiger partial charge in [-0.25, -0.2) is 0 Å². The first-order valence-electron chi connectivity index (χ1n) is 8.06. The van der Waals surface area contributed by atoms with Gasteiger partial charge in [0.15, 0.2) is 11.5 Å². The van der Waals surface area contributed by atoms with Gasteiger partial charge in [-0.15, -0.1) is 0 Å². The lowest BCUT2D eigenvalue weighted by molar-refractivity contribution is -0.384. The van der Waals surface area contributed by atoms with Crippen LogP contribution in [0.3, 0.4) is 0 Å². The molecule has 7 nitrogen and oxygen atoms in total. The largest absolute Gasteiger partial charge is 0.490 e. The van der Waals surface area contributed by atoms with Crippen LogP contribution in [0.25, 0.3) is 0 Å². The normalized spacial score (nSPS) is 13.2. The van der Waals surface area contributed by atoms with E-state index in [-0.39, 0.29) is 12.3 Å². The van der Waals surface area contributed by atoms with E-state index in [0.717, 1.165) is 34.7 Å². The standard InChI is InChI=1S/C18H20N2O5/c1-23-12-14-10-15(20(21)22)6-7-16(14)19-11-13-4-2-5-17-18(13)25-9-3-8-24-17/h2,4-7,10,19H,3,8-9,11-12H2,1H3. The van der Waals surface area contributed by atoms with Crippen molar-refractivity contribution in [1.29, 1.82) is 0 Å². The van der Waals surface area contributed by atoms with Crippen LogP contribution in [0.4, 0.5) is 11.4 Å². The summed E-state index contributed by atoms with van der Waals surface area (Å²) in [6.45, 7) is 2.07. The lowest BCUT2D eigenvalue weighted by Gasteiger charge is -2.15. The van der Waals surface area contributed by atoms with Crippen molar-refractivity contribution in [1.82, 2.24) is 0 Å². The fraction of sp³-hybridized carbons (Fsp3) is 0.333. The summed E-state index contributed by atoms with van der Waals surface area (Å²) in [6.07, 6.45) is 0.849. The van der Waals surface area contributed by atoms with Crippen molar-refractivity contribution in [2.75, 3.05) is 25.6 Å². The quantitative estimate of drug-likeness (QED) is 0.638. The summed E-state index contributed by atoms with van der Waals surface area (Å²) in [7, 11) is 1.56. The number of fused-ring (bicyclic) bond motifs is 1. The number of para-hydroxylation sites is 1. The van der Waals surface area contributed by atoms with Gasteiger partial charge in [0.1, 0.15) is 0 Å². The number of benzene rings is 2. The summed E-state index contributed by atoms with van der Waals surface area (Å²) in [4.78, 5) is 10.5. The van der Waals surface area contributed by atoms with Crippen LogP contribution in [0.5, 0.6) is 11.5 Å². The summed E-state index contributed by atoms with van der Waals surface area (Å²) in [5, 5.41) is 14.3. The molecule has 0 saturated heterocycles. The Morgan fingerprint density at radius 3 is 2.84 bits per heavy atom. The van der Waals surface area contributed by atoms with Crippen LogP contribution in [0.2, 0.25) is 0 Å². The molecule has 1 aliphatic heterocycles. The van der Waals surface area contributed by atoms with E-state index in [1.807, 2.05) is 18.2 Å². The number of hydrogen-bond acceptors (Lipinski definition) is 6. The van der Waals surface area contributed by atoms with Crippen LogP contribution >= 0.6 is 0 Å². The lowest BCUT2D eigenvalue weighted by atomic mass is 10.1. The molecule has 25 heavy (non-hydrogen) atoms. The fourth-order valence-corrected chi connectivity index (χ4v) is 2.72. The highest BCUT2D eigenvalue weighted by Crippen LogP contribution is 2.34. The second-order valence-corrected chi connectivity index (χ2v) is 5.68. The zero-order valence-electron chi connectivity index (χ0n) is 14.0. The molecule has 7 heteroatoms.